The molecule has 8 atom stereocenters. The van der Waals surface area contributed by atoms with E-state index >= 15 is 0 Å². The maximum Gasteiger partial charge on any atom is 0.302 e. The van der Waals surface area contributed by atoms with Crippen LogP contribution in [-0.2, 0) is 14.3 Å². The molecule has 2 unspecified atom stereocenters. The van der Waals surface area contributed by atoms with Crippen LogP contribution >= 0.6 is 0 Å². The average Bonchev–Trinajstić information content (AvgIpc) is 3.01. The van der Waals surface area contributed by atoms with Gasteiger partial charge in [0.1, 0.15) is 12.4 Å². The SMILES string of the molecule is C=C(CC[C@@H](C=O)C1[C@H](O)C[C@@]2(C)C3=CCC4C(C)(C)[C@@H](OC(C)=O)CC[C@]4(C)C3=CC[C@]12C)C(C)C. The number of carbonyl (C=O) groups is 2. The molecule has 1 N–H and O–H groups in total. The largest absolute Gasteiger partial charge is 0.462 e. The van der Waals surface area contributed by atoms with Crippen LogP contribution < -0.4 is 0 Å². The molecular weight excluding hydrogens is 460 g/mol. The van der Waals surface area contributed by atoms with Crippen molar-refractivity contribution in [1.82, 2.24) is 0 Å². The Morgan fingerprint density at radius 2 is 1.86 bits per heavy atom. The highest BCUT2D eigenvalue weighted by molar-refractivity contribution is 5.66. The quantitative estimate of drug-likeness (QED) is 0.223. The van der Waals surface area contributed by atoms with Gasteiger partial charge < -0.3 is 14.6 Å². The maximum absolute atomic E-state index is 12.4. The number of hydrogen-bond acceptors (Lipinski definition) is 4. The minimum absolute atomic E-state index is 0.0106. The van der Waals surface area contributed by atoms with Gasteiger partial charge in [0, 0.05) is 29.6 Å². The Bertz CT molecular complexity index is 1020. The van der Waals surface area contributed by atoms with Crippen molar-refractivity contribution in [3.05, 3.63) is 35.5 Å². The lowest BCUT2D eigenvalue weighted by molar-refractivity contribution is -0.165. The zero-order chi connectivity index (χ0) is 27.6. The summed E-state index contributed by atoms with van der Waals surface area (Å²) in [5, 5.41) is 11.5. The molecule has 0 aromatic carbocycles. The molecule has 0 radical (unpaired) electrons. The van der Waals surface area contributed by atoms with Gasteiger partial charge in [0.15, 0.2) is 0 Å². The van der Waals surface area contributed by atoms with Gasteiger partial charge in [0.25, 0.3) is 0 Å². The van der Waals surface area contributed by atoms with E-state index in [1.54, 1.807) is 0 Å². The first-order valence-electron chi connectivity index (χ1n) is 14.5. The molecule has 0 aromatic rings. The van der Waals surface area contributed by atoms with Gasteiger partial charge in [0.05, 0.1) is 6.10 Å². The highest BCUT2D eigenvalue weighted by Gasteiger charge is 2.66. The Morgan fingerprint density at radius 1 is 1.19 bits per heavy atom. The van der Waals surface area contributed by atoms with Crippen molar-refractivity contribution in [2.24, 2.45) is 45.3 Å². The van der Waals surface area contributed by atoms with Gasteiger partial charge >= 0.3 is 5.97 Å². The lowest BCUT2D eigenvalue weighted by atomic mass is 9.44. The number of carbonyl (C=O) groups excluding carboxylic acids is 2. The monoisotopic (exact) mass is 510 g/mol. The minimum Gasteiger partial charge on any atom is -0.462 e. The van der Waals surface area contributed by atoms with Crippen molar-refractivity contribution in [3.8, 4) is 0 Å². The van der Waals surface area contributed by atoms with Crippen molar-refractivity contribution in [2.45, 2.75) is 113 Å². The second-order valence-corrected chi connectivity index (χ2v) is 14.3. The van der Waals surface area contributed by atoms with E-state index in [0.717, 1.165) is 44.8 Å². The Balaban J connectivity index is 1.68. The van der Waals surface area contributed by atoms with Crippen molar-refractivity contribution in [2.75, 3.05) is 0 Å². The summed E-state index contributed by atoms with van der Waals surface area (Å²) in [6.07, 6.45) is 11.5. The number of rotatable bonds is 7. The van der Waals surface area contributed by atoms with Gasteiger partial charge in [-0.2, -0.15) is 0 Å². The van der Waals surface area contributed by atoms with E-state index in [-0.39, 0.29) is 45.6 Å². The summed E-state index contributed by atoms with van der Waals surface area (Å²) in [5.74, 6) is 0.367. The topological polar surface area (TPSA) is 63.6 Å². The molecule has 0 saturated heterocycles. The number of esters is 1. The van der Waals surface area contributed by atoms with Crippen LogP contribution in [0.4, 0.5) is 0 Å². The van der Waals surface area contributed by atoms with E-state index in [2.05, 4.69) is 67.2 Å². The molecule has 2 fully saturated rings. The molecule has 4 aliphatic rings. The van der Waals surface area contributed by atoms with Crippen LogP contribution in [0.25, 0.3) is 0 Å². The predicted octanol–water partition coefficient (Wildman–Crippen LogP) is 7.22. The fourth-order valence-electron chi connectivity index (χ4n) is 9.23. The van der Waals surface area contributed by atoms with Crippen LogP contribution in [0.2, 0.25) is 0 Å². The summed E-state index contributed by atoms with van der Waals surface area (Å²) in [5.41, 5.74) is 3.56. The minimum atomic E-state index is -0.493. The number of allylic oxidation sites excluding steroid dienone is 5. The van der Waals surface area contributed by atoms with Crippen molar-refractivity contribution >= 4 is 12.3 Å². The zero-order valence-electron chi connectivity index (χ0n) is 24.5. The first-order valence-corrected chi connectivity index (χ1v) is 14.5. The molecule has 37 heavy (non-hydrogen) atoms. The summed E-state index contributed by atoms with van der Waals surface area (Å²) >= 11 is 0. The predicted molar refractivity (Wildman–Crippen MR) is 149 cm³/mol. The summed E-state index contributed by atoms with van der Waals surface area (Å²) in [6, 6.07) is 0. The van der Waals surface area contributed by atoms with Crippen LogP contribution in [0.5, 0.6) is 0 Å². The molecule has 4 nitrogen and oxygen atoms in total. The third-order valence-corrected chi connectivity index (χ3v) is 11.8. The fraction of sp³-hybridized carbons (Fsp3) is 0.758. The number of aldehydes is 1. The molecule has 4 rings (SSSR count). The standard InChI is InChI=1S/C33H50O4/c1-20(2)21(3)10-11-23(19-34)29-26(36)18-33(9)25-12-13-27-30(5,6)28(37-22(4)35)15-16-31(27,7)24(25)14-17-32(29,33)8/h12,14,19-20,23,26-29,36H,3,10-11,13,15-18H2,1-2,4-9H3/t23-,26+,27?,28-,29?,31+,32+,33-/m0/s1. The van der Waals surface area contributed by atoms with Crippen LogP contribution in [-0.4, -0.2) is 29.6 Å². The van der Waals surface area contributed by atoms with E-state index in [1.165, 1.54) is 23.6 Å². The van der Waals surface area contributed by atoms with Gasteiger partial charge in [-0.1, -0.05) is 72.8 Å². The molecule has 4 aliphatic carbocycles. The molecule has 2 saturated carbocycles. The fourth-order valence-corrected chi connectivity index (χ4v) is 9.23. The number of ether oxygens (including phenoxy) is 1. The van der Waals surface area contributed by atoms with Crippen molar-refractivity contribution in [1.29, 1.82) is 0 Å². The molecule has 0 aliphatic heterocycles. The van der Waals surface area contributed by atoms with Gasteiger partial charge in [-0.15, -0.1) is 0 Å². The van der Waals surface area contributed by atoms with E-state index in [1.807, 2.05) is 0 Å². The lowest BCUT2D eigenvalue weighted by Crippen LogP contribution is -2.55. The molecule has 0 aromatic heterocycles. The van der Waals surface area contributed by atoms with Crippen LogP contribution in [0.3, 0.4) is 0 Å². The van der Waals surface area contributed by atoms with E-state index in [0.29, 0.717) is 18.3 Å². The maximum atomic E-state index is 12.4. The van der Waals surface area contributed by atoms with E-state index in [9.17, 15) is 14.7 Å². The normalized spacial score (nSPS) is 41.0. The van der Waals surface area contributed by atoms with Gasteiger partial charge in [-0.05, 0) is 78.8 Å². The van der Waals surface area contributed by atoms with E-state index < -0.39 is 6.10 Å². The van der Waals surface area contributed by atoms with E-state index in [4.69, 9.17) is 4.74 Å². The van der Waals surface area contributed by atoms with Gasteiger partial charge in [-0.25, -0.2) is 0 Å². The summed E-state index contributed by atoms with van der Waals surface area (Å²) in [6.45, 7) is 21.7. The zero-order valence-corrected chi connectivity index (χ0v) is 24.5. The number of aliphatic hydroxyl groups is 1. The first-order chi connectivity index (χ1) is 17.1. The second kappa shape index (κ2) is 9.50. The Morgan fingerprint density at radius 3 is 2.46 bits per heavy atom. The van der Waals surface area contributed by atoms with Crippen molar-refractivity contribution in [3.63, 3.8) is 0 Å². The summed E-state index contributed by atoms with van der Waals surface area (Å²) in [7, 11) is 0. The summed E-state index contributed by atoms with van der Waals surface area (Å²) < 4.78 is 5.81. The van der Waals surface area contributed by atoms with Gasteiger partial charge in [0.2, 0.25) is 0 Å². The van der Waals surface area contributed by atoms with Crippen LogP contribution in [0.15, 0.2) is 35.5 Å². The highest BCUT2D eigenvalue weighted by Crippen LogP contribution is 2.71. The molecule has 4 heteroatoms. The van der Waals surface area contributed by atoms with Crippen LogP contribution in [0, 0.1) is 45.3 Å². The molecule has 0 bridgehead atoms. The Hall–Kier alpha value is -1.68. The van der Waals surface area contributed by atoms with Crippen LogP contribution in [0.1, 0.15) is 100 Å². The lowest BCUT2D eigenvalue weighted by Gasteiger charge is -2.61. The summed E-state index contributed by atoms with van der Waals surface area (Å²) in [4.78, 5) is 24.3. The molecule has 0 heterocycles. The molecule has 206 valence electrons. The number of aliphatic hydroxyl groups excluding tert-OH is 1. The molecular formula is C33H50O4. The molecule has 0 amide bonds. The third kappa shape index (κ3) is 4.21. The van der Waals surface area contributed by atoms with Crippen molar-refractivity contribution < 1.29 is 19.4 Å². The second-order valence-electron chi connectivity index (χ2n) is 14.3. The van der Waals surface area contributed by atoms with Gasteiger partial charge in [-0.3, -0.25) is 4.79 Å². The highest BCUT2D eigenvalue weighted by atomic mass is 16.5. The Labute approximate surface area is 225 Å². The smallest absolute Gasteiger partial charge is 0.302 e. The first kappa shape index (κ1) is 28.3. The Kier molecular flexibility index (Phi) is 7.28. The average molecular weight is 511 g/mol. The molecule has 0 spiro atoms. The third-order valence-electron chi connectivity index (χ3n) is 11.8. The number of fused-ring (bicyclic) bond motifs is 5. The number of hydrogen-bond donors (Lipinski definition) is 1.